The zero-order valence-corrected chi connectivity index (χ0v) is 11.9. The molecule has 104 valence electrons. The molecule has 0 aromatic heterocycles. The van der Waals surface area contributed by atoms with Crippen molar-refractivity contribution in [2.45, 2.75) is 32.0 Å². The van der Waals surface area contributed by atoms with Gasteiger partial charge >= 0.3 is 0 Å². The number of nitrogens with one attached hydrogen (secondary N) is 1. The summed E-state index contributed by atoms with van der Waals surface area (Å²) in [6, 6.07) is 12.4. The highest BCUT2D eigenvalue weighted by atomic mass is 15.3. The zero-order valence-electron chi connectivity index (χ0n) is 11.9. The normalized spacial score (nSPS) is 24.8. The van der Waals surface area contributed by atoms with Crippen LogP contribution in [-0.4, -0.2) is 54.6 Å². The summed E-state index contributed by atoms with van der Waals surface area (Å²) >= 11 is 0. The average molecular weight is 259 g/mol. The molecule has 0 spiro atoms. The van der Waals surface area contributed by atoms with E-state index in [0.29, 0.717) is 0 Å². The van der Waals surface area contributed by atoms with E-state index in [2.05, 4.69) is 52.4 Å². The summed E-state index contributed by atoms with van der Waals surface area (Å²) < 4.78 is 0. The molecule has 2 heterocycles. The molecule has 3 rings (SSSR count). The summed E-state index contributed by atoms with van der Waals surface area (Å²) in [6.45, 7) is 9.45. The molecule has 2 saturated heterocycles. The van der Waals surface area contributed by atoms with Gasteiger partial charge in [-0.05, 0) is 18.5 Å². The highest BCUT2D eigenvalue weighted by Crippen LogP contribution is 2.21. The van der Waals surface area contributed by atoms with Gasteiger partial charge in [0.05, 0.1) is 0 Å². The molecule has 2 aliphatic heterocycles. The van der Waals surface area contributed by atoms with Gasteiger partial charge in [0.25, 0.3) is 0 Å². The molecular weight excluding hydrogens is 234 g/mol. The molecule has 0 amide bonds. The highest BCUT2D eigenvalue weighted by Gasteiger charge is 2.33. The Hall–Kier alpha value is -0.900. The number of likely N-dealkylation sites (N-methyl/N-ethyl adjacent to an activating group) is 1. The second kappa shape index (κ2) is 6.04. The summed E-state index contributed by atoms with van der Waals surface area (Å²) in [5.41, 5.74) is 1.44. The number of hydrogen-bond acceptors (Lipinski definition) is 3. The molecule has 0 aliphatic carbocycles. The Kier molecular flexibility index (Phi) is 4.16. The first-order valence-corrected chi connectivity index (χ1v) is 7.59. The van der Waals surface area contributed by atoms with Gasteiger partial charge in [0, 0.05) is 44.8 Å². The maximum absolute atomic E-state index is 3.40. The molecule has 1 atom stereocenters. The molecule has 0 bridgehead atoms. The van der Waals surface area contributed by atoms with Crippen LogP contribution in [0.2, 0.25) is 0 Å². The Labute approximate surface area is 116 Å². The van der Waals surface area contributed by atoms with Gasteiger partial charge in [0.2, 0.25) is 0 Å². The second-order valence-electron chi connectivity index (χ2n) is 5.81. The van der Waals surface area contributed by atoms with Crippen LogP contribution in [0.3, 0.4) is 0 Å². The van der Waals surface area contributed by atoms with Gasteiger partial charge in [0.1, 0.15) is 0 Å². The van der Waals surface area contributed by atoms with E-state index in [9.17, 15) is 0 Å². The first-order chi connectivity index (χ1) is 9.36. The molecular formula is C16H25N3. The molecule has 1 aromatic carbocycles. The van der Waals surface area contributed by atoms with Gasteiger partial charge in [-0.25, -0.2) is 0 Å². The van der Waals surface area contributed by atoms with Crippen LogP contribution in [-0.2, 0) is 6.54 Å². The van der Waals surface area contributed by atoms with Gasteiger partial charge in [0.15, 0.2) is 0 Å². The van der Waals surface area contributed by atoms with Crippen molar-refractivity contribution in [1.29, 1.82) is 0 Å². The monoisotopic (exact) mass is 259 g/mol. The topological polar surface area (TPSA) is 18.5 Å². The third kappa shape index (κ3) is 2.99. The summed E-state index contributed by atoms with van der Waals surface area (Å²) in [4.78, 5) is 5.32. The van der Waals surface area contributed by atoms with Crippen LogP contribution in [0.15, 0.2) is 30.3 Å². The van der Waals surface area contributed by atoms with Crippen molar-refractivity contribution < 1.29 is 0 Å². The second-order valence-corrected chi connectivity index (χ2v) is 5.81. The van der Waals surface area contributed by atoms with Crippen LogP contribution in [0, 0.1) is 0 Å². The Morgan fingerprint density at radius 3 is 2.63 bits per heavy atom. The highest BCUT2D eigenvalue weighted by molar-refractivity contribution is 5.14. The van der Waals surface area contributed by atoms with Crippen molar-refractivity contribution >= 4 is 0 Å². The molecule has 19 heavy (non-hydrogen) atoms. The van der Waals surface area contributed by atoms with Gasteiger partial charge < -0.3 is 5.32 Å². The number of benzene rings is 1. The van der Waals surface area contributed by atoms with E-state index in [1.54, 1.807) is 0 Å². The third-order valence-corrected chi connectivity index (χ3v) is 4.56. The Balaban J connectivity index is 1.54. The largest absolute Gasteiger partial charge is 0.314 e. The Morgan fingerprint density at radius 2 is 2.00 bits per heavy atom. The summed E-state index contributed by atoms with van der Waals surface area (Å²) in [6.07, 6.45) is 1.33. The Morgan fingerprint density at radius 1 is 1.21 bits per heavy atom. The smallest absolute Gasteiger partial charge is 0.0348 e. The molecule has 1 N–H and O–H groups in total. The van der Waals surface area contributed by atoms with Crippen LogP contribution in [0.5, 0.6) is 0 Å². The predicted octanol–water partition coefficient (Wildman–Crippen LogP) is 1.55. The van der Waals surface area contributed by atoms with E-state index in [1.807, 2.05) is 0 Å². The first kappa shape index (κ1) is 13.1. The van der Waals surface area contributed by atoms with E-state index in [0.717, 1.165) is 18.6 Å². The summed E-state index contributed by atoms with van der Waals surface area (Å²) in [7, 11) is 0. The van der Waals surface area contributed by atoms with Gasteiger partial charge in [-0.1, -0.05) is 37.3 Å². The van der Waals surface area contributed by atoms with Crippen molar-refractivity contribution in [3.63, 3.8) is 0 Å². The van der Waals surface area contributed by atoms with E-state index in [1.165, 1.54) is 44.7 Å². The van der Waals surface area contributed by atoms with E-state index in [-0.39, 0.29) is 0 Å². The minimum Gasteiger partial charge on any atom is -0.314 e. The zero-order chi connectivity index (χ0) is 13.1. The number of likely N-dealkylation sites (tertiary alicyclic amines) is 1. The minimum absolute atomic E-state index is 0.765. The SMILES string of the molecule is CCN(C1CNC1)C1CCN(Cc2ccccc2)C1. The molecule has 1 unspecified atom stereocenters. The van der Waals surface area contributed by atoms with Crippen LogP contribution < -0.4 is 5.32 Å². The van der Waals surface area contributed by atoms with Crippen LogP contribution >= 0.6 is 0 Å². The number of nitrogens with zero attached hydrogens (tertiary/aromatic N) is 2. The molecule has 0 radical (unpaired) electrons. The van der Waals surface area contributed by atoms with Gasteiger partial charge in [-0.3, -0.25) is 9.80 Å². The standard InChI is InChI=1S/C16H25N3/c1-2-19(16-10-17-11-16)15-8-9-18(13-15)12-14-6-4-3-5-7-14/h3-7,15-17H,2,8-13H2,1H3. The maximum atomic E-state index is 3.40. The lowest BCUT2D eigenvalue weighted by molar-refractivity contribution is 0.103. The average Bonchev–Trinajstić information content (AvgIpc) is 2.83. The van der Waals surface area contributed by atoms with Gasteiger partial charge in [-0.15, -0.1) is 0 Å². The fraction of sp³-hybridized carbons (Fsp3) is 0.625. The fourth-order valence-electron chi connectivity index (χ4n) is 3.39. The molecule has 3 heteroatoms. The first-order valence-electron chi connectivity index (χ1n) is 7.59. The summed E-state index contributed by atoms with van der Waals surface area (Å²) in [5, 5.41) is 3.40. The quantitative estimate of drug-likeness (QED) is 0.865. The van der Waals surface area contributed by atoms with Crippen LogP contribution in [0.25, 0.3) is 0 Å². The lowest BCUT2D eigenvalue weighted by atomic mass is 10.1. The van der Waals surface area contributed by atoms with E-state index >= 15 is 0 Å². The van der Waals surface area contributed by atoms with Crippen molar-refractivity contribution in [3.05, 3.63) is 35.9 Å². The van der Waals surface area contributed by atoms with E-state index in [4.69, 9.17) is 0 Å². The maximum Gasteiger partial charge on any atom is 0.0348 e. The molecule has 2 fully saturated rings. The van der Waals surface area contributed by atoms with Crippen LogP contribution in [0.4, 0.5) is 0 Å². The lowest BCUT2D eigenvalue weighted by Crippen LogP contribution is -2.60. The number of hydrogen-bond donors (Lipinski definition) is 1. The van der Waals surface area contributed by atoms with Crippen molar-refractivity contribution in [2.75, 3.05) is 32.7 Å². The van der Waals surface area contributed by atoms with Crippen molar-refractivity contribution in [1.82, 2.24) is 15.1 Å². The fourth-order valence-corrected chi connectivity index (χ4v) is 3.39. The molecule has 0 saturated carbocycles. The van der Waals surface area contributed by atoms with Crippen LogP contribution in [0.1, 0.15) is 18.9 Å². The minimum atomic E-state index is 0.765. The molecule has 2 aliphatic rings. The van der Waals surface area contributed by atoms with Crippen molar-refractivity contribution in [3.8, 4) is 0 Å². The van der Waals surface area contributed by atoms with Crippen molar-refractivity contribution in [2.24, 2.45) is 0 Å². The lowest BCUT2D eigenvalue weighted by Gasteiger charge is -2.41. The Bertz CT molecular complexity index is 388. The molecule has 1 aromatic rings. The third-order valence-electron chi connectivity index (χ3n) is 4.56. The number of rotatable bonds is 5. The van der Waals surface area contributed by atoms with Gasteiger partial charge in [-0.2, -0.15) is 0 Å². The summed E-state index contributed by atoms with van der Waals surface area (Å²) in [5.74, 6) is 0. The predicted molar refractivity (Wildman–Crippen MR) is 79.2 cm³/mol. The molecule has 3 nitrogen and oxygen atoms in total. The van der Waals surface area contributed by atoms with E-state index < -0.39 is 0 Å².